The second kappa shape index (κ2) is 11.7. The standard InChI is InChI=1S/C24H23N3O7S/c1-14(15-7-9-19(20(12-15)33-4)34-24(30)21-6-5-11-35-21)26-27-23(29)22(28)25-17-13-16(31-2)8-10-18(17)32-3/h5-13H,1-4H3,(H,25,28)(H,27,29)/b26-14+. The van der Waals surface area contributed by atoms with Gasteiger partial charge in [-0.2, -0.15) is 5.10 Å². The minimum absolute atomic E-state index is 0.234. The van der Waals surface area contributed by atoms with E-state index in [0.29, 0.717) is 33.4 Å². The summed E-state index contributed by atoms with van der Waals surface area (Å²) < 4.78 is 21.0. The third-order valence-electron chi connectivity index (χ3n) is 4.69. The Morgan fingerprint density at radius 2 is 1.60 bits per heavy atom. The molecule has 2 amide bonds. The van der Waals surface area contributed by atoms with Gasteiger partial charge in [0.1, 0.15) is 16.4 Å². The first kappa shape index (κ1) is 25.2. The third kappa shape index (κ3) is 6.36. The van der Waals surface area contributed by atoms with Crippen LogP contribution in [0.15, 0.2) is 59.0 Å². The van der Waals surface area contributed by atoms with Crippen LogP contribution in [0.4, 0.5) is 5.69 Å². The third-order valence-corrected chi connectivity index (χ3v) is 5.54. The number of thiophene rings is 1. The zero-order chi connectivity index (χ0) is 25.4. The van der Waals surface area contributed by atoms with Crippen molar-refractivity contribution in [1.29, 1.82) is 0 Å². The fraction of sp³-hybridized carbons (Fsp3) is 0.167. The summed E-state index contributed by atoms with van der Waals surface area (Å²) >= 11 is 1.27. The van der Waals surface area contributed by atoms with Crippen molar-refractivity contribution in [3.63, 3.8) is 0 Å². The Morgan fingerprint density at radius 1 is 0.857 bits per heavy atom. The Hall–Kier alpha value is -4.38. The normalized spacial score (nSPS) is 10.8. The molecule has 0 bridgehead atoms. The van der Waals surface area contributed by atoms with Crippen molar-refractivity contribution in [3.8, 4) is 23.0 Å². The van der Waals surface area contributed by atoms with E-state index in [1.807, 2.05) is 0 Å². The molecule has 35 heavy (non-hydrogen) atoms. The van der Waals surface area contributed by atoms with Gasteiger partial charge in [0.25, 0.3) is 0 Å². The summed E-state index contributed by atoms with van der Waals surface area (Å²) in [6.45, 7) is 1.63. The van der Waals surface area contributed by atoms with Crippen LogP contribution in [0, 0.1) is 0 Å². The summed E-state index contributed by atoms with van der Waals surface area (Å²) in [5, 5.41) is 8.22. The number of amides is 2. The average Bonchev–Trinajstić information content (AvgIpc) is 3.42. The second-order valence-electron chi connectivity index (χ2n) is 6.89. The highest BCUT2D eigenvalue weighted by Gasteiger charge is 2.17. The maximum Gasteiger partial charge on any atom is 0.353 e. The van der Waals surface area contributed by atoms with E-state index in [0.717, 1.165) is 0 Å². The van der Waals surface area contributed by atoms with Crippen LogP contribution in [0.25, 0.3) is 0 Å². The van der Waals surface area contributed by atoms with Gasteiger partial charge >= 0.3 is 17.8 Å². The van der Waals surface area contributed by atoms with Gasteiger partial charge in [0.05, 0.1) is 32.7 Å². The molecule has 0 fully saturated rings. The molecule has 2 N–H and O–H groups in total. The van der Waals surface area contributed by atoms with Crippen molar-refractivity contribution in [1.82, 2.24) is 5.43 Å². The van der Waals surface area contributed by atoms with E-state index < -0.39 is 17.8 Å². The molecular weight excluding hydrogens is 474 g/mol. The molecule has 0 saturated carbocycles. The number of nitrogens with zero attached hydrogens (tertiary/aromatic N) is 1. The number of anilines is 1. The lowest BCUT2D eigenvalue weighted by molar-refractivity contribution is -0.136. The van der Waals surface area contributed by atoms with Crippen LogP contribution in [0.3, 0.4) is 0 Å². The molecule has 3 rings (SSSR count). The van der Waals surface area contributed by atoms with Crippen molar-refractivity contribution in [2.24, 2.45) is 5.10 Å². The number of carbonyl (C=O) groups is 3. The fourth-order valence-corrected chi connectivity index (χ4v) is 3.46. The Balaban J connectivity index is 1.67. The monoisotopic (exact) mass is 497 g/mol. The van der Waals surface area contributed by atoms with Crippen LogP contribution in [0.5, 0.6) is 23.0 Å². The van der Waals surface area contributed by atoms with E-state index in [1.54, 1.807) is 54.8 Å². The van der Waals surface area contributed by atoms with E-state index in [2.05, 4.69) is 15.8 Å². The number of hydrogen-bond donors (Lipinski definition) is 2. The Bertz CT molecular complexity index is 1260. The summed E-state index contributed by atoms with van der Waals surface area (Å²) in [5.41, 5.74) is 3.44. The number of rotatable bonds is 8. The number of benzene rings is 2. The van der Waals surface area contributed by atoms with Gasteiger partial charge in [-0.3, -0.25) is 9.59 Å². The van der Waals surface area contributed by atoms with Gasteiger partial charge < -0.3 is 24.3 Å². The number of ether oxygens (including phenoxy) is 4. The SMILES string of the molecule is COc1ccc(OC)c(NC(=O)C(=O)N/N=C(\C)c2ccc(OC(=O)c3cccs3)c(OC)c2)c1. The van der Waals surface area contributed by atoms with Crippen molar-refractivity contribution in [3.05, 3.63) is 64.4 Å². The molecule has 182 valence electrons. The lowest BCUT2D eigenvalue weighted by Gasteiger charge is -2.12. The van der Waals surface area contributed by atoms with Crippen molar-refractivity contribution < 1.29 is 33.3 Å². The largest absolute Gasteiger partial charge is 0.497 e. The smallest absolute Gasteiger partial charge is 0.353 e. The number of nitrogens with one attached hydrogen (secondary N) is 2. The van der Waals surface area contributed by atoms with Gasteiger partial charge in [0.15, 0.2) is 11.5 Å². The van der Waals surface area contributed by atoms with Gasteiger partial charge in [-0.25, -0.2) is 10.2 Å². The van der Waals surface area contributed by atoms with Crippen LogP contribution in [0.2, 0.25) is 0 Å². The first-order chi connectivity index (χ1) is 16.9. The first-order valence-electron chi connectivity index (χ1n) is 10.2. The van der Waals surface area contributed by atoms with Crippen LogP contribution >= 0.6 is 11.3 Å². The molecule has 0 aliphatic rings. The lowest BCUT2D eigenvalue weighted by atomic mass is 10.1. The predicted octanol–water partition coefficient (Wildman–Crippen LogP) is 3.47. The summed E-state index contributed by atoms with van der Waals surface area (Å²) in [6.07, 6.45) is 0. The summed E-state index contributed by atoms with van der Waals surface area (Å²) in [4.78, 5) is 37.3. The van der Waals surface area contributed by atoms with Gasteiger partial charge in [-0.05, 0) is 48.7 Å². The number of hydrogen-bond acceptors (Lipinski definition) is 9. The summed E-state index contributed by atoms with van der Waals surface area (Å²) in [5.74, 6) is -1.05. The van der Waals surface area contributed by atoms with Gasteiger partial charge in [-0.15, -0.1) is 11.3 Å². The van der Waals surface area contributed by atoms with Gasteiger partial charge in [0, 0.05) is 11.6 Å². The molecular formula is C24H23N3O7S. The minimum atomic E-state index is -0.984. The summed E-state index contributed by atoms with van der Waals surface area (Å²) in [6, 6.07) is 13.0. The molecule has 10 nitrogen and oxygen atoms in total. The summed E-state index contributed by atoms with van der Waals surface area (Å²) in [7, 11) is 4.35. The number of carbonyl (C=O) groups excluding carboxylic acids is 3. The van der Waals surface area contributed by atoms with E-state index >= 15 is 0 Å². The molecule has 11 heteroatoms. The molecule has 0 aliphatic heterocycles. The molecule has 0 saturated heterocycles. The van der Waals surface area contributed by atoms with E-state index in [-0.39, 0.29) is 11.4 Å². The zero-order valence-corrected chi connectivity index (χ0v) is 20.2. The zero-order valence-electron chi connectivity index (χ0n) is 19.4. The van der Waals surface area contributed by atoms with E-state index in [4.69, 9.17) is 18.9 Å². The highest BCUT2D eigenvalue weighted by Crippen LogP contribution is 2.30. The molecule has 1 heterocycles. The van der Waals surface area contributed by atoms with Crippen molar-refractivity contribution in [2.45, 2.75) is 6.92 Å². The molecule has 0 radical (unpaired) electrons. The maximum absolute atomic E-state index is 12.3. The predicted molar refractivity (Wildman–Crippen MR) is 131 cm³/mol. The van der Waals surface area contributed by atoms with Crippen LogP contribution in [0.1, 0.15) is 22.2 Å². The molecule has 3 aromatic rings. The maximum atomic E-state index is 12.3. The quantitative estimate of drug-likeness (QED) is 0.161. The lowest BCUT2D eigenvalue weighted by Crippen LogP contribution is -2.33. The van der Waals surface area contributed by atoms with Crippen LogP contribution in [-0.4, -0.2) is 44.8 Å². The second-order valence-corrected chi connectivity index (χ2v) is 7.84. The number of esters is 1. The molecule has 1 aromatic heterocycles. The Kier molecular flexibility index (Phi) is 8.41. The number of hydrazone groups is 1. The average molecular weight is 498 g/mol. The molecule has 0 atom stereocenters. The van der Waals surface area contributed by atoms with Crippen molar-refractivity contribution >= 4 is 40.5 Å². The van der Waals surface area contributed by atoms with Crippen LogP contribution < -0.4 is 29.7 Å². The molecule has 0 spiro atoms. The van der Waals surface area contributed by atoms with E-state index in [9.17, 15) is 14.4 Å². The highest BCUT2D eigenvalue weighted by molar-refractivity contribution is 7.12. The topological polar surface area (TPSA) is 125 Å². The van der Waals surface area contributed by atoms with Gasteiger partial charge in [0.2, 0.25) is 0 Å². The Morgan fingerprint density at radius 3 is 2.26 bits per heavy atom. The molecule has 2 aromatic carbocycles. The highest BCUT2D eigenvalue weighted by atomic mass is 32.1. The fourth-order valence-electron chi connectivity index (χ4n) is 2.86. The van der Waals surface area contributed by atoms with Crippen molar-refractivity contribution in [2.75, 3.05) is 26.6 Å². The van der Waals surface area contributed by atoms with Gasteiger partial charge in [-0.1, -0.05) is 6.07 Å². The molecule has 0 aliphatic carbocycles. The molecule has 0 unspecified atom stereocenters. The number of methoxy groups -OCH3 is 3. The Labute approximate surface area is 205 Å². The van der Waals surface area contributed by atoms with E-state index in [1.165, 1.54) is 38.7 Å². The van der Waals surface area contributed by atoms with Crippen LogP contribution in [-0.2, 0) is 9.59 Å². The first-order valence-corrected chi connectivity index (χ1v) is 11.1. The minimum Gasteiger partial charge on any atom is -0.497 e.